The van der Waals surface area contributed by atoms with E-state index in [2.05, 4.69) is 126 Å². The van der Waals surface area contributed by atoms with Gasteiger partial charge < -0.3 is 5.53 Å². The first-order valence-electron chi connectivity index (χ1n) is 22.2. The summed E-state index contributed by atoms with van der Waals surface area (Å²) >= 11 is 1.04. The molecule has 0 unspecified atom stereocenters. The van der Waals surface area contributed by atoms with E-state index in [4.69, 9.17) is 0 Å². The van der Waals surface area contributed by atoms with Crippen molar-refractivity contribution in [2.24, 2.45) is 0 Å². The van der Waals surface area contributed by atoms with E-state index < -0.39 is 8.07 Å². The van der Waals surface area contributed by atoms with Crippen LogP contribution in [0, 0.1) is 11.8 Å². The van der Waals surface area contributed by atoms with Crippen molar-refractivity contribution in [1.82, 2.24) is 0 Å². The SMILES string of the molecule is CCCCCCCCCCCCCC#CC(C(=C=[N+]=[N-])CCCC)=C(c1ccc(CCCC)cc1)c1ccc(C[Si](CC)(CC)CC)cc1.C[CH2][Pd][CH2]C. The summed E-state index contributed by atoms with van der Waals surface area (Å²) in [5.74, 6) is 10.2. The second kappa shape index (κ2) is 33.0. The van der Waals surface area contributed by atoms with Crippen LogP contribution in [0.25, 0.3) is 11.1 Å². The fourth-order valence-electron chi connectivity index (χ4n) is 7.15. The van der Waals surface area contributed by atoms with Crippen molar-refractivity contribution in [3.63, 3.8) is 0 Å². The van der Waals surface area contributed by atoms with Crippen LogP contribution in [-0.4, -0.2) is 18.7 Å². The standard InChI is InChI=1S/C46H70N2Si.2C2H5.Pd/c1-7-13-16-17-18-19-20-21-22-23-24-25-26-29-45(44(38-48-47)28-15-9-3)46(42-34-30-40(31-35-42)27-14-8-2)43-36-32-41(33-37-43)39-49(10-4,11-5)12-6;2*1-2;/h30-37H,7-25,27-28,39H2,1-6H3;2*1H2,2H3;. The Kier molecular flexibility index (Phi) is 30.4. The van der Waals surface area contributed by atoms with Crippen molar-refractivity contribution in [3.05, 3.63) is 87.5 Å². The number of rotatable bonds is 27. The van der Waals surface area contributed by atoms with Gasteiger partial charge in [0.25, 0.3) is 0 Å². The maximum absolute atomic E-state index is 9.75. The number of hydrogen-bond acceptors (Lipinski definition) is 0. The molecule has 2 aromatic rings. The molecule has 0 bridgehead atoms. The van der Waals surface area contributed by atoms with Gasteiger partial charge in [0, 0.05) is 12.0 Å². The van der Waals surface area contributed by atoms with Crippen LogP contribution < -0.4 is 0 Å². The van der Waals surface area contributed by atoms with Gasteiger partial charge in [-0.05, 0) is 54.8 Å². The third kappa shape index (κ3) is 20.6. The summed E-state index contributed by atoms with van der Waals surface area (Å²) in [6.07, 6.45) is 21.9. The van der Waals surface area contributed by atoms with Gasteiger partial charge in [-0.2, -0.15) is 0 Å². The van der Waals surface area contributed by atoms with Crippen LogP contribution in [-0.2, 0) is 30.4 Å². The first kappa shape index (κ1) is 49.8. The van der Waals surface area contributed by atoms with Gasteiger partial charge in [0.1, 0.15) is 0 Å². The van der Waals surface area contributed by atoms with E-state index in [1.165, 1.54) is 133 Å². The molecule has 0 aliphatic rings. The van der Waals surface area contributed by atoms with Gasteiger partial charge in [-0.1, -0.05) is 203 Å². The van der Waals surface area contributed by atoms with E-state index in [0.29, 0.717) is 0 Å². The first-order chi connectivity index (χ1) is 26.4. The van der Waals surface area contributed by atoms with Crippen LogP contribution in [0.2, 0.25) is 27.9 Å². The average molecular weight is 844 g/mol. The van der Waals surface area contributed by atoms with E-state index in [-0.39, 0.29) is 0 Å². The van der Waals surface area contributed by atoms with Gasteiger partial charge in [-0.15, -0.1) is 4.79 Å². The number of benzene rings is 2. The average Bonchev–Trinajstić information content (AvgIpc) is 3.20. The van der Waals surface area contributed by atoms with Crippen molar-refractivity contribution < 1.29 is 22.8 Å². The molecular formula is C50H80N2PdSi. The summed E-state index contributed by atoms with van der Waals surface area (Å²) in [5.41, 5.74) is 17.9. The molecule has 0 atom stereocenters. The summed E-state index contributed by atoms with van der Waals surface area (Å²) in [4.78, 5) is 6.23. The quantitative estimate of drug-likeness (QED) is 0.0163. The predicted octanol–water partition coefficient (Wildman–Crippen LogP) is 16.1. The molecule has 0 aliphatic carbocycles. The number of aryl methyl sites for hydroxylation is 1. The van der Waals surface area contributed by atoms with Gasteiger partial charge in [0.2, 0.25) is 0 Å². The summed E-state index contributed by atoms with van der Waals surface area (Å²) in [5, 5.41) is 0. The zero-order valence-electron chi connectivity index (χ0n) is 36.3. The molecule has 0 heterocycles. The maximum atomic E-state index is 9.75. The third-order valence-electron chi connectivity index (χ3n) is 11.1. The zero-order chi connectivity index (χ0) is 39.7. The van der Waals surface area contributed by atoms with Crippen molar-refractivity contribution >= 4 is 19.5 Å². The second-order valence-electron chi connectivity index (χ2n) is 15.0. The Morgan fingerprint density at radius 2 is 1.07 bits per heavy atom. The Morgan fingerprint density at radius 1 is 0.593 bits per heavy atom. The first-order valence-corrected chi connectivity index (χ1v) is 27.3. The van der Waals surface area contributed by atoms with Crippen LogP contribution in [0.5, 0.6) is 0 Å². The van der Waals surface area contributed by atoms with E-state index >= 15 is 0 Å². The molecule has 0 aliphatic heterocycles. The van der Waals surface area contributed by atoms with Crippen LogP contribution in [0.3, 0.4) is 0 Å². The number of nitrogens with zero attached hydrogens (tertiary/aromatic N) is 2. The fraction of sp³-hybridized carbons (Fsp3) is 0.640. The molecule has 0 aromatic heterocycles. The topological polar surface area (TPSA) is 36.4 Å². The van der Waals surface area contributed by atoms with E-state index in [9.17, 15) is 5.53 Å². The van der Waals surface area contributed by atoms with E-state index in [1.54, 1.807) is 0 Å². The van der Waals surface area contributed by atoms with Gasteiger partial charge in [0.05, 0.1) is 19.2 Å². The minimum absolute atomic E-state index is 0.788. The molecule has 0 saturated heterocycles. The number of unbranched alkanes of at least 4 members (excludes halogenated alkanes) is 13. The molecule has 304 valence electrons. The molecule has 0 radical (unpaired) electrons. The summed E-state index contributed by atoms with van der Waals surface area (Å²) in [6.45, 7) is 18.4. The Labute approximate surface area is 344 Å². The van der Waals surface area contributed by atoms with Crippen LogP contribution in [0.1, 0.15) is 187 Å². The summed E-state index contributed by atoms with van der Waals surface area (Å²) in [6, 6.07) is 23.7. The van der Waals surface area contributed by atoms with Gasteiger partial charge >= 0.3 is 47.5 Å². The normalized spacial score (nSPS) is 11.5. The van der Waals surface area contributed by atoms with Gasteiger partial charge in [0.15, 0.2) is 0 Å². The van der Waals surface area contributed by atoms with Crippen LogP contribution >= 0.6 is 0 Å². The molecule has 2 aromatic carbocycles. The molecule has 0 saturated carbocycles. The minimum atomic E-state index is -1.28. The second-order valence-corrected chi connectivity index (χ2v) is 23.4. The van der Waals surface area contributed by atoms with Crippen molar-refractivity contribution in [2.75, 3.05) is 0 Å². The fourth-order valence-corrected chi connectivity index (χ4v) is 11.3. The molecule has 0 fully saturated rings. The number of hydrogen-bond donors (Lipinski definition) is 0. The Bertz CT molecular complexity index is 1400. The monoisotopic (exact) mass is 843 g/mol. The van der Waals surface area contributed by atoms with Gasteiger partial charge in [-0.25, -0.2) is 0 Å². The molecule has 0 amide bonds. The Hall–Kier alpha value is -2.22. The van der Waals surface area contributed by atoms with Crippen LogP contribution in [0.4, 0.5) is 0 Å². The van der Waals surface area contributed by atoms with E-state index in [1.807, 2.05) is 0 Å². The molecule has 2 nitrogen and oxygen atoms in total. The summed E-state index contributed by atoms with van der Waals surface area (Å²) in [7, 11) is -1.28. The Morgan fingerprint density at radius 3 is 1.52 bits per heavy atom. The van der Waals surface area contributed by atoms with Crippen molar-refractivity contribution in [1.29, 1.82) is 0 Å². The molecular weight excluding hydrogens is 763 g/mol. The molecule has 2 rings (SSSR count). The third-order valence-corrected chi connectivity index (χ3v) is 18.3. The summed E-state index contributed by atoms with van der Waals surface area (Å²) < 4.78 is 0. The van der Waals surface area contributed by atoms with Crippen molar-refractivity contribution in [3.8, 4) is 11.8 Å². The Balaban J connectivity index is 0.00000272. The molecule has 0 N–H and O–H groups in total. The van der Waals surface area contributed by atoms with Crippen LogP contribution in [0.15, 0.2) is 59.7 Å². The zero-order valence-corrected chi connectivity index (χ0v) is 38.9. The molecule has 4 heteroatoms. The predicted molar refractivity (Wildman–Crippen MR) is 240 cm³/mol. The van der Waals surface area contributed by atoms with Gasteiger partial charge in [-0.3, -0.25) is 0 Å². The van der Waals surface area contributed by atoms with E-state index in [0.717, 1.165) is 73.2 Å². The van der Waals surface area contributed by atoms with Crippen molar-refractivity contribution in [2.45, 2.75) is 205 Å². The number of allylic oxidation sites excluding steroid dienone is 2. The molecule has 0 spiro atoms. The molecule has 54 heavy (non-hydrogen) atoms.